The number of aromatic nitrogens is 4. The van der Waals surface area contributed by atoms with Gasteiger partial charge in [-0.05, 0) is 189 Å². The molecule has 5 heterocycles. The van der Waals surface area contributed by atoms with Crippen molar-refractivity contribution in [2.75, 3.05) is 0 Å². The maximum Gasteiger partial charge on any atom is 0.251 e. The first-order valence-corrected chi connectivity index (χ1v) is 33.0. The Hall–Kier alpha value is -11.1. The third kappa shape index (κ3) is 8.54. The summed E-state index contributed by atoms with van der Waals surface area (Å²) < 4.78 is 17.0. The van der Waals surface area contributed by atoms with Crippen LogP contribution in [0.3, 0.4) is 0 Å². The summed E-state index contributed by atoms with van der Waals surface area (Å²) in [6.07, 6.45) is 0. The number of benzene rings is 13. The van der Waals surface area contributed by atoms with Crippen LogP contribution in [0.15, 0.2) is 279 Å². The van der Waals surface area contributed by atoms with Crippen LogP contribution in [0.1, 0.15) is 76.0 Å². The van der Waals surface area contributed by atoms with Crippen LogP contribution in [0, 0.1) is 0 Å². The number of ether oxygens (including phenoxy) is 1. The number of nitrogens with zero attached hydrogens (tertiary/aromatic N) is 4. The first-order chi connectivity index (χ1) is 45.6. The first-order valence-electron chi connectivity index (χ1n) is 33.0. The van der Waals surface area contributed by atoms with Crippen LogP contribution >= 0.6 is 0 Å². The van der Waals surface area contributed by atoms with E-state index in [0.717, 1.165) is 67.2 Å². The zero-order valence-electron chi connectivity index (χ0n) is 53.1. The topological polar surface area (TPSA) is 28.9 Å². The van der Waals surface area contributed by atoms with E-state index in [1.165, 1.54) is 110 Å². The molecule has 6 heteroatoms. The quantitative estimate of drug-likeness (QED) is 0.125. The van der Waals surface area contributed by atoms with Crippen LogP contribution in [-0.4, -0.2) is 25.0 Å². The highest BCUT2D eigenvalue weighted by Gasteiger charge is 2.38. The molecule has 0 fully saturated rings. The van der Waals surface area contributed by atoms with E-state index in [2.05, 4.69) is 339 Å². The second kappa shape index (κ2) is 21.3. The fraction of sp³-hybridized carbons (Fsp3) is 0.103. The molecule has 0 bridgehead atoms. The summed E-state index contributed by atoms with van der Waals surface area (Å²) in [7, 11) is 0. The second-order valence-corrected chi connectivity index (χ2v) is 26.6. The minimum Gasteiger partial charge on any atom is -0.458 e. The van der Waals surface area contributed by atoms with Gasteiger partial charge in [-0.15, -0.1) is 0 Å². The highest BCUT2D eigenvalue weighted by atomic mass is 16.5. The van der Waals surface area contributed by atoms with Crippen molar-refractivity contribution in [2.24, 2.45) is 0 Å². The minimum absolute atomic E-state index is 0.150. The van der Waals surface area contributed by atoms with E-state index in [0.29, 0.717) is 5.92 Å². The van der Waals surface area contributed by atoms with E-state index in [1.54, 1.807) is 0 Å². The molecule has 18 rings (SSSR count). The van der Waals surface area contributed by atoms with E-state index >= 15 is 0 Å². The molecule has 0 N–H and O–H groups in total. The zero-order chi connectivity index (χ0) is 62.3. The van der Waals surface area contributed by atoms with E-state index in [-0.39, 0.29) is 18.5 Å². The van der Waals surface area contributed by atoms with Crippen LogP contribution in [-0.2, 0) is 0 Å². The van der Waals surface area contributed by atoms with E-state index < -0.39 is 0 Å². The van der Waals surface area contributed by atoms with Gasteiger partial charge in [-0.1, -0.05) is 205 Å². The number of para-hydroxylation sites is 6. The molecule has 93 heavy (non-hydrogen) atoms. The molecule has 444 valence electrons. The molecule has 0 radical (unpaired) electrons. The van der Waals surface area contributed by atoms with Crippen LogP contribution in [0.4, 0.5) is 0 Å². The Labute approximate surface area is 541 Å². The van der Waals surface area contributed by atoms with Crippen molar-refractivity contribution in [3.05, 3.63) is 296 Å². The molecule has 1 aliphatic rings. The summed E-state index contributed by atoms with van der Waals surface area (Å²) in [5.41, 5.74) is 26.5. The molecule has 13 aromatic carbocycles. The Morgan fingerprint density at radius 3 is 0.914 bits per heavy atom. The summed E-state index contributed by atoms with van der Waals surface area (Å²) in [6, 6.07) is 104. The second-order valence-electron chi connectivity index (χ2n) is 26.6. The van der Waals surface area contributed by atoms with Gasteiger partial charge in [0.05, 0.1) is 44.1 Å². The SMILES string of the molecule is CC(C)c1cc(C(C)C)c(B2c3cc(-n4c5ccccc5c5cc(-c6cccc(-n7c8ccccc8c8ccccc87)c6)ccc54)ccc3Oc3ccc(-n4c5ccccc5c5cc(-c6cccc(-n7c8ccccc8c8ccccc87)c6)ccc54)cc32)c(C(C)C)c1. The highest BCUT2D eigenvalue weighted by Crippen LogP contribution is 2.42. The fourth-order valence-electron chi connectivity index (χ4n) is 15.8. The summed E-state index contributed by atoms with van der Waals surface area (Å²) >= 11 is 0. The Balaban J connectivity index is 0.789. The number of hydrogen-bond acceptors (Lipinski definition) is 1. The molecular weight excluding hydrogens is 1130 g/mol. The molecule has 0 saturated heterocycles. The molecular formula is C87H67BN4O. The average Bonchev–Trinajstić information content (AvgIpc) is 1.67. The van der Waals surface area contributed by atoms with Crippen molar-refractivity contribution in [3.8, 4) is 56.5 Å². The van der Waals surface area contributed by atoms with Gasteiger partial charge in [-0.25, -0.2) is 0 Å². The number of rotatable bonds is 10. The monoisotopic (exact) mass is 1190 g/mol. The van der Waals surface area contributed by atoms with Crippen molar-refractivity contribution in [1.29, 1.82) is 0 Å². The van der Waals surface area contributed by atoms with E-state index in [9.17, 15) is 0 Å². The van der Waals surface area contributed by atoms with Crippen molar-refractivity contribution < 1.29 is 4.74 Å². The predicted octanol–water partition coefficient (Wildman–Crippen LogP) is 21.4. The lowest BCUT2D eigenvalue weighted by Gasteiger charge is -2.33. The van der Waals surface area contributed by atoms with Crippen LogP contribution in [0.5, 0.6) is 11.5 Å². The lowest BCUT2D eigenvalue weighted by molar-refractivity contribution is 0.487. The molecule has 0 aliphatic carbocycles. The maximum atomic E-state index is 7.26. The van der Waals surface area contributed by atoms with E-state index in [1.807, 2.05) is 0 Å². The van der Waals surface area contributed by atoms with Crippen molar-refractivity contribution in [1.82, 2.24) is 18.3 Å². The van der Waals surface area contributed by atoms with E-state index in [4.69, 9.17) is 4.74 Å². The smallest absolute Gasteiger partial charge is 0.251 e. The molecule has 17 aromatic rings. The lowest BCUT2D eigenvalue weighted by atomic mass is 9.33. The highest BCUT2D eigenvalue weighted by molar-refractivity contribution is 6.97. The standard InChI is InChI=1S/C87H67BN4O/c1-53(2)60-49-71(54(3)4)87(72(50-60)55(5)6)88-75-51-63(91-81-35-17-11-29-69(81)73-47-58(37-41-83(73)91)56-21-19-23-61(45-56)89-77-31-13-7-25-65(77)66-26-8-14-32-78(66)89)39-43-85(75)93-86-44-40-64(52-76(86)88)92-82-36-18-12-30-70(82)74-48-59(38-42-84(74)92)57-22-20-24-62(46-57)90-79-33-15-9-27-67(79)68-28-10-16-34-80(68)90/h7-55H,1-6H3. The molecule has 0 unspecified atom stereocenters. The van der Waals surface area contributed by atoms with Crippen LogP contribution in [0.25, 0.3) is 132 Å². The Morgan fingerprint density at radius 1 is 0.258 bits per heavy atom. The summed E-state index contributed by atoms with van der Waals surface area (Å²) in [4.78, 5) is 0. The van der Waals surface area contributed by atoms with Crippen LogP contribution < -0.4 is 21.1 Å². The number of fused-ring (bicyclic) bond motifs is 14. The van der Waals surface area contributed by atoms with Gasteiger partial charge in [0.25, 0.3) is 6.71 Å². The Kier molecular flexibility index (Phi) is 12.5. The van der Waals surface area contributed by atoms with Crippen molar-refractivity contribution in [2.45, 2.75) is 59.3 Å². The molecule has 0 saturated carbocycles. The van der Waals surface area contributed by atoms with Gasteiger partial charge >= 0.3 is 0 Å². The Bertz CT molecular complexity index is 5460. The third-order valence-corrected chi connectivity index (χ3v) is 20.2. The average molecular weight is 1200 g/mol. The molecule has 0 atom stereocenters. The predicted molar refractivity (Wildman–Crippen MR) is 395 cm³/mol. The summed E-state index contributed by atoms with van der Waals surface area (Å²) in [6.45, 7) is 14.0. The van der Waals surface area contributed by atoms with Gasteiger partial charge in [0.2, 0.25) is 0 Å². The van der Waals surface area contributed by atoms with Gasteiger partial charge in [0, 0.05) is 65.8 Å². The largest absolute Gasteiger partial charge is 0.458 e. The molecule has 5 nitrogen and oxygen atoms in total. The summed E-state index contributed by atoms with van der Waals surface area (Å²) in [5, 5.41) is 9.90. The van der Waals surface area contributed by atoms with Crippen molar-refractivity contribution in [3.63, 3.8) is 0 Å². The number of hydrogen-bond donors (Lipinski definition) is 0. The molecule has 1 aliphatic heterocycles. The Morgan fingerprint density at radius 2 is 0.570 bits per heavy atom. The maximum absolute atomic E-state index is 7.26. The first kappa shape index (κ1) is 54.8. The summed E-state index contributed by atoms with van der Waals surface area (Å²) in [5.74, 6) is 2.68. The lowest BCUT2D eigenvalue weighted by Crippen LogP contribution is -2.57. The van der Waals surface area contributed by atoms with Gasteiger partial charge < -0.3 is 23.0 Å². The minimum atomic E-state index is -0.150. The molecule has 0 amide bonds. The molecule has 4 aromatic heterocycles. The zero-order valence-corrected chi connectivity index (χ0v) is 53.1. The van der Waals surface area contributed by atoms with Crippen molar-refractivity contribution >= 4 is 110 Å². The van der Waals surface area contributed by atoms with Gasteiger partial charge in [0.15, 0.2) is 0 Å². The fourth-order valence-corrected chi connectivity index (χ4v) is 15.8. The van der Waals surface area contributed by atoms with Gasteiger partial charge in [-0.3, -0.25) is 0 Å². The van der Waals surface area contributed by atoms with Gasteiger partial charge in [0.1, 0.15) is 11.5 Å². The van der Waals surface area contributed by atoms with Crippen LogP contribution in [0.2, 0.25) is 0 Å². The molecule has 0 spiro atoms. The third-order valence-electron chi connectivity index (χ3n) is 20.2. The normalized spacial score (nSPS) is 12.5. The van der Waals surface area contributed by atoms with Gasteiger partial charge in [-0.2, -0.15) is 0 Å².